The van der Waals surface area contributed by atoms with Crippen molar-refractivity contribution in [2.75, 3.05) is 5.32 Å². The highest BCUT2D eigenvalue weighted by atomic mass is 19.2. The zero-order chi connectivity index (χ0) is 19.4. The number of nitrogens with zero attached hydrogens (tertiary/aromatic N) is 2. The van der Waals surface area contributed by atoms with E-state index in [4.69, 9.17) is 9.15 Å². The molecule has 0 bridgehead atoms. The Kier molecular flexibility index (Phi) is 5.20. The first-order valence-electron chi connectivity index (χ1n) is 7.77. The maximum absolute atomic E-state index is 13.2. The Balaban J connectivity index is 1.61. The summed E-state index contributed by atoms with van der Waals surface area (Å²) in [4.78, 5) is 24.2. The number of amides is 1. The van der Waals surface area contributed by atoms with Crippen molar-refractivity contribution in [2.45, 2.75) is 13.0 Å². The second-order valence-corrected chi connectivity index (χ2v) is 5.49. The lowest BCUT2D eigenvalue weighted by Gasteiger charge is -2.13. The second-order valence-electron chi connectivity index (χ2n) is 5.49. The largest absolute Gasteiger partial charge is 0.449 e. The molecule has 9 heteroatoms. The Hall–Kier alpha value is -3.62. The van der Waals surface area contributed by atoms with Gasteiger partial charge in [-0.1, -0.05) is 0 Å². The standard InChI is InChI=1S/C18H13F2N3O4/c1-10(16(24)22-13-6-7-14(19)15(20)8-13)27-18(25)12-4-2-11(3-5-12)17-23-21-9-26-17/h2-10H,1H3,(H,22,24)/t10-/m1/s1. The number of hydrogen-bond acceptors (Lipinski definition) is 6. The van der Waals surface area contributed by atoms with E-state index in [1.54, 1.807) is 12.1 Å². The smallest absolute Gasteiger partial charge is 0.338 e. The monoisotopic (exact) mass is 373 g/mol. The predicted octanol–water partition coefficient (Wildman–Crippen LogP) is 3.20. The van der Waals surface area contributed by atoms with E-state index >= 15 is 0 Å². The van der Waals surface area contributed by atoms with Crippen molar-refractivity contribution in [1.82, 2.24) is 10.2 Å². The van der Waals surface area contributed by atoms with Crippen molar-refractivity contribution in [3.05, 3.63) is 66.1 Å². The Bertz CT molecular complexity index is 959. The molecule has 1 N–H and O–H groups in total. The molecule has 0 unspecified atom stereocenters. The molecule has 0 fully saturated rings. The van der Waals surface area contributed by atoms with Crippen LogP contribution in [0.1, 0.15) is 17.3 Å². The Morgan fingerprint density at radius 1 is 1.11 bits per heavy atom. The molecule has 0 spiro atoms. The molecular formula is C18H13F2N3O4. The number of rotatable bonds is 5. The summed E-state index contributed by atoms with van der Waals surface area (Å²) >= 11 is 0. The van der Waals surface area contributed by atoms with Crippen molar-refractivity contribution < 1.29 is 27.5 Å². The molecule has 138 valence electrons. The molecule has 1 aromatic heterocycles. The summed E-state index contributed by atoms with van der Waals surface area (Å²) in [6.45, 7) is 1.36. The van der Waals surface area contributed by atoms with Crippen LogP contribution >= 0.6 is 0 Å². The van der Waals surface area contributed by atoms with Crippen LogP contribution in [0.2, 0.25) is 0 Å². The van der Waals surface area contributed by atoms with E-state index in [2.05, 4.69) is 15.5 Å². The maximum Gasteiger partial charge on any atom is 0.338 e. The Morgan fingerprint density at radius 3 is 2.48 bits per heavy atom. The van der Waals surface area contributed by atoms with Gasteiger partial charge in [0, 0.05) is 17.3 Å². The van der Waals surface area contributed by atoms with Crippen LogP contribution in [0.5, 0.6) is 0 Å². The first kappa shape index (κ1) is 18.2. The van der Waals surface area contributed by atoms with Crippen LogP contribution in [0, 0.1) is 11.6 Å². The fourth-order valence-electron chi connectivity index (χ4n) is 2.15. The molecule has 3 rings (SSSR count). The van der Waals surface area contributed by atoms with Gasteiger partial charge in [-0.2, -0.15) is 0 Å². The lowest BCUT2D eigenvalue weighted by atomic mass is 10.1. The van der Waals surface area contributed by atoms with Gasteiger partial charge in [-0.3, -0.25) is 4.79 Å². The van der Waals surface area contributed by atoms with Crippen molar-refractivity contribution in [3.8, 4) is 11.5 Å². The number of ether oxygens (including phenoxy) is 1. The molecule has 1 amide bonds. The van der Waals surface area contributed by atoms with E-state index in [1.807, 2.05) is 0 Å². The van der Waals surface area contributed by atoms with Gasteiger partial charge in [-0.15, -0.1) is 10.2 Å². The molecule has 0 saturated heterocycles. The lowest BCUT2D eigenvalue weighted by Crippen LogP contribution is -2.30. The number of aromatic nitrogens is 2. The van der Waals surface area contributed by atoms with Gasteiger partial charge < -0.3 is 14.5 Å². The van der Waals surface area contributed by atoms with Gasteiger partial charge in [0.15, 0.2) is 17.7 Å². The first-order valence-corrected chi connectivity index (χ1v) is 7.77. The summed E-state index contributed by atoms with van der Waals surface area (Å²) in [6, 6.07) is 9.07. The molecule has 0 saturated carbocycles. The molecular weight excluding hydrogens is 360 g/mol. The quantitative estimate of drug-likeness (QED) is 0.690. The average Bonchev–Trinajstić information content (AvgIpc) is 3.19. The number of halogens is 2. The van der Waals surface area contributed by atoms with Crippen LogP contribution in [0.4, 0.5) is 14.5 Å². The van der Waals surface area contributed by atoms with Gasteiger partial charge in [0.2, 0.25) is 12.3 Å². The van der Waals surface area contributed by atoms with Crippen molar-refractivity contribution in [3.63, 3.8) is 0 Å². The highest BCUT2D eigenvalue weighted by Gasteiger charge is 2.20. The molecule has 27 heavy (non-hydrogen) atoms. The molecule has 3 aromatic rings. The highest BCUT2D eigenvalue weighted by molar-refractivity contribution is 5.97. The number of benzene rings is 2. The highest BCUT2D eigenvalue weighted by Crippen LogP contribution is 2.18. The maximum atomic E-state index is 13.2. The first-order chi connectivity index (χ1) is 12.9. The van der Waals surface area contributed by atoms with E-state index in [1.165, 1.54) is 31.5 Å². The number of hydrogen-bond donors (Lipinski definition) is 1. The van der Waals surface area contributed by atoms with Gasteiger partial charge in [0.25, 0.3) is 5.91 Å². The molecule has 0 aliphatic rings. The van der Waals surface area contributed by atoms with E-state index in [0.717, 1.165) is 12.1 Å². The van der Waals surface area contributed by atoms with Gasteiger partial charge in [-0.05, 0) is 43.3 Å². The van der Waals surface area contributed by atoms with Gasteiger partial charge in [0.1, 0.15) is 0 Å². The zero-order valence-electron chi connectivity index (χ0n) is 14.0. The SMILES string of the molecule is C[C@@H](OC(=O)c1ccc(-c2nnco2)cc1)C(=O)Nc1ccc(F)c(F)c1. The molecule has 1 heterocycles. The Labute approximate surface area is 152 Å². The third kappa shape index (κ3) is 4.32. The van der Waals surface area contributed by atoms with Crippen LogP contribution in [0.15, 0.2) is 53.3 Å². The van der Waals surface area contributed by atoms with Gasteiger partial charge in [-0.25, -0.2) is 13.6 Å². The molecule has 1 atom stereocenters. The Morgan fingerprint density at radius 2 is 1.85 bits per heavy atom. The topological polar surface area (TPSA) is 94.3 Å². The van der Waals surface area contributed by atoms with Crippen LogP contribution in [-0.2, 0) is 9.53 Å². The lowest BCUT2D eigenvalue weighted by molar-refractivity contribution is -0.123. The van der Waals surface area contributed by atoms with Gasteiger partial charge in [0.05, 0.1) is 5.56 Å². The third-order valence-electron chi connectivity index (χ3n) is 3.57. The van der Waals surface area contributed by atoms with Crippen LogP contribution in [-0.4, -0.2) is 28.2 Å². The third-order valence-corrected chi connectivity index (χ3v) is 3.57. The summed E-state index contributed by atoms with van der Waals surface area (Å²) in [5.74, 6) is -3.23. The number of esters is 1. The van der Waals surface area contributed by atoms with Crippen LogP contribution in [0.3, 0.4) is 0 Å². The van der Waals surface area contributed by atoms with Gasteiger partial charge >= 0.3 is 5.97 Å². The molecule has 0 radical (unpaired) electrons. The fraction of sp³-hybridized carbons (Fsp3) is 0.111. The van der Waals surface area contributed by atoms with Crippen molar-refractivity contribution in [1.29, 1.82) is 0 Å². The summed E-state index contributed by atoms with van der Waals surface area (Å²) in [7, 11) is 0. The average molecular weight is 373 g/mol. The molecule has 7 nitrogen and oxygen atoms in total. The summed E-state index contributed by atoms with van der Waals surface area (Å²) in [5.41, 5.74) is 0.879. The minimum atomic E-state index is -1.15. The fourth-order valence-corrected chi connectivity index (χ4v) is 2.15. The zero-order valence-corrected chi connectivity index (χ0v) is 14.0. The van der Waals surface area contributed by atoms with Crippen molar-refractivity contribution >= 4 is 17.6 Å². The normalized spacial score (nSPS) is 11.7. The van der Waals surface area contributed by atoms with E-state index in [9.17, 15) is 18.4 Å². The second kappa shape index (κ2) is 7.73. The number of nitrogens with one attached hydrogen (secondary N) is 1. The van der Waals surface area contributed by atoms with E-state index in [-0.39, 0.29) is 11.3 Å². The number of carbonyl (C=O) groups is 2. The summed E-state index contributed by atoms with van der Waals surface area (Å²) in [5, 5.41) is 9.65. The number of anilines is 1. The van der Waals surface area contributed by atoms with Crippen molar-refractivity contribution in [2.24, 2.45) is 0 Å². The predicted molar refractivity (Wildman–Crippen MR) is 89.6 cm³/mol. The summed E-state index contributed by atoms with van der Waals surface area (Å²) in [6.07, 6.45) is 0.0337. The van der Waals surface area contributed by atoms with E-state index in [0.29, 0.717) is 11.5 Å². The van der Waals surface area contributed by atoms with Crippen LogP contribution < -0.4 is 5.32 Å². The molecule has 0 aliphatic carbocycles. The van der Waals surface area contributed by atoms with Crippen LogP contribution in [0.25, 0.3) is 11.5 Å². The summed E-state index contributed by atoms with van der Waals surface area (Å²) < 4.78 is 36.2. The van der Waals surface area contributed by atoms with E-state index < -0.39 is 29.6 Å². The minimum Gasteiger partial charge on any atom is -0.449 e. The molecule has 0 aliphatic heterocycles. The molecule has 2 aromatic carbocycles. The number of carbonyl (C=O) groups excluding carboxylic acids is 2. The minimum absolute atomic E-state index is 0.0470.